The van der Waals surface area contributed by atoms with Crippen molar-refractivity contribution in [3.05, 3.63) is 59.7 Å². The van der Waals surface area contributed by atoms with Gasteiger partial charge in [0.15, 0.2) is 5.96 Å². The molecule has 3 aromatic rings. The summed E-state index contributed by atoms with van der Waals surface area (Å²) in [6, 6.07) is 10.6. The minimum absolute atomic E-state index is 0.0458. The Bertz CT molecular complexity index is 1210. The van der Waals surface area contributed by atoms with Gasteiger partial charge in [-0.25, -0.2) is 13.6 Å². The van der Waals surface area contributed by atoms with Crippen LogP contribution < -0.4 is 16.8 Å². The molecule has 0 aliphatic heterocycles. The fourth-order valence-electron chi connectivity index (χ4n) is 3.97. The van der Waals surface area contributed by atoms with Crippen molar-refractivity contribution in [3.8, 4) is 11.3 Å². The van der Waals surface area contributed by atoms with Crippen LogP contribution in [0, 0.1) is 11.6 Å². The standard InChI is InChI=1S/C25H29F2N5O3/c1-35-24(34)20(10-6-12-30-25(28)29)31-21(33)11-5-9-17-18-13-16(26)14-19(27)23(18)32-22(17)15-7-3-2-4-8-15/h2-4,7-8,13-14,20,32H,5-6,9-12H2,1H3,(H,31,33)(H4,28,29,30)/t20-/m0/s1. The Balaban J connectivity index is 1.70. The van der Waals surface area contributed by atoms with E-state index in [1.807, 2.05) is 30.3 Å². The highest BCUT2D eigenvalue weighted by molar-refractivity contribution is 5.91. The number of benzene rings is 2. The van der Waals surface area contributed by atoms with Gasteiger partial charge in [0, 0.05) is 30.1 Å². The molecule has 3 rings (SSSR count). The summed E-state index contributed by atoms with van der Waals surface area (Å²) >= 11 is 0. The van der Waals surface area contributed by atoms with Gasteiger partial charge in [0.1, 0.15) is 17.7 Å². The Hall–Kier alpha value is -3.95. The number of guanidine groups is 1. The largest absolute Gasteiger partial charge is 0.467 e. The van der Waals surface area contributed by atoms with E-state index < -0.39 is 23.6 Å². The highest BCUT2D eigenvalue weighted by Gasteiger charge is 2.22. The lowest BCUT2D eigenvalue weighted by atomic mass is 10.00. The molecule has 35 heavy (non-hydrogen) atoms. The zero-order chi connectivity index (χ0) is 25.4. The second-order valence-corrected chi connectivity index (χ2v) is 8.10. The van der Waals surface area contributed by atoms with E-state index in [9.17, 15) is 18.4 Å². The number of fused-ring (bicyclic) bond motifs is 1. The molecular weight excluding hydrogens is 456 g/mol. The van der Waals surface area contributed by atoms with Crippen molar-refractivity contribution >= 4 is 28.7 Å². The van der Waals surface area contributed by atoms with Crippen LogP contribution in [0.15, 0.2) is 47.5 Å². The van der Waals surface area contributed by atoms with Crippen LogP contribution in [-0.4, -0.2) is 42.5 Å². The van der Waals surface area contributed by atoms with Gasteiger partial charge >= 0.3 is 5.97 Å². The maximum Gasteiger partial charge on any atom is 0.328 e. The molecule has 1 heterocycles. The SMILES string of the molecule is COC(=O)[C@H](CCCN=C(N)N)NC(=O)CCCc1c(-c2ccccc2)[nH]c2c(F)cc(F)cc12. The molecule has 1 atom stereocenters. The molecule has 1 aromatic heterocycles. The lowest BCUT2D eigenvalue weighted by molar-refractivity contribution is -0.145. The summed E-state index contributed by atoms with van der Waals surface area (Å²) in [4.78, 5) is 31.5. The van der Waals surface area contributed by atoms with Crippen LogP contribution in [0.5, 0.6) is 0 Å². The molecule has 2 aromatic carbocycles. The Labute approximate surface area is 201 Å². The third kappa shape index (κ3) is 6.78. The first-order valence-electron chi connectivity index (χ1n) is 11.3. The van der Waals surface area contributed by atoms with Crippen molar-refractivity contribution in [1.82, 2.24) is 10.3 Å². The first-order valence-corrected chi connectivity index (χ1v) is 11.3. The van der Waals surface area contributed by atoms with Crippen molar-refractivity contribution in [2.45, 2.75) is 38.1 Å². The number of carbonyl (C=O) groups is 2. The number of ether oxygens (including phenoxy) is 1. The molecule has 0 aliphatic rings. The molecule has 0 saturated carbocycles. The first kappa shape index (κ1) is 25.7. The second kappa shape index (κ2) is 12.0. The monoisotopic (exact) mass is 485 g/mol. The van der Waals surface area contributed by atoms with Gasteiger partial charge in [-0.1, -0.05) is 30.3 Å². The number of nitrogens with one attached hydrogen (secondary N) is 2. The number of hydrogen-bond acceptors (Lipinski definition) is 4. The molecule has 0 saturated heterocycles. The topological polar surface area (TPSA) is 136 Å². The lowest BCUT2D eigenvalue weighted by Gasteiger charge is -2.16. The number of nitrogens with zero attached hydrogens (tertiary/aromatic N) is 1. The normalized spacial score (nSPS) is 11.7. The number of aliphatic imine (C=N–C) groups is 1. The summed E-state index contributed by atoms with van der Waals surface area (Å²) in [5.41, 5.74) is 13.0. The van der Waals surface area contributed by atoms with Gasteiger partial charge in [0.25, 0.3) is 0 Å². The molecule has 8 nitrogen and oxygen atoms in total. The Morgan fingerprint density at radius 3 is 2.57 bits per heavy atom. The maximum atomic E-state index is 14.4. The van der Waals surface area contributed by atoms with Gasteiger partial charge in [0.2, 0.25) is 5.91 Å². The minimum atomic E-state index is -0.821. The number of rotatable bonds is 11. The molecule has 186 valence electrons. The lowest BCUT2D eigenvalue weighted by Crippen LogP contribution is -2.41. The number of carbonyl (C=O) groups excluding carboxylic acids is 2. The number of amides is 1. The van der Waals surface area contributed by atoms with Crippen LogP contribution in [-0.2, 0) is 20.7 Å². The quantitative estimate of drug-likeness (QED) is 0.143. The van der Waals surface area contributed by atoms with E-state index in [1.54, 1.807) is 0 Å². The molecule has 0 radical (unpaired) electrons. The molecule has 0 spiro atoms. The average Bonchev–Trinajstić information content (AvgIpc) is 3.19. The summed E-state index contributed by atoms with van der Waals surface area (Å²) < 4.78 is 33.2. The number of esters is 1. The smallest absolute Gasteiger partial charge is 0.328 e. The van der Waals surface area contributed by atoms with Crippen molar-refractivity contribution in [1.29, 1.82) is 0 Å². The number of aryl methyl sites for hydroxylation is 1. The number of methoxy groups -OCH3 is 1. The number of nitrogens with two attached hydrogens (primary N) is 2. The molecule has 1 amide bonds. The summed E-state index contributed by atoms with van der Waals surface area (Å²) in [6.07, 6.45) is 1.70. The van der Waals surface area contributed by atoms with Gasteiger partial charge in [-0.05, 0) is 42.9 Å². The Kier molecular flexibility index (Phi) is 8.77. The number of aromatic amines is 1. The van der Waals surface area contributed by atoms with Gasteiger partial charge in [-0.15, -0.1) is 0 Å². The Morgan fingerprint density at radius 1 is 1.14 bits per heavy atom. The van der Waals surface area contributed by atoms with E-state index in [4.69, 9.17) is 16.2 Å². The van der Waals surface area contributed by atoms with E-state index in [-0.39, 0.29) is 23.8 Å². The third-order valence-corrected chi connectivity index (χ3v) is 5.59. The zero-order valence-corrected chi connectivity index (χ0v) is 19.4. The highest BCUT2D eigenvalue weighted by atomic mass is 19.1. The Morgan fingerprint density at radius 2 is 1.89 bits per heavy atom. The average molecular weight is 486 g/mol. The first-order chi connectivity index (χ1) is 16.8. The maximum absolute atomic E-state index is 14.4. The summed E-state index contributed by atoms with van der Waals surface area (Å²) in [7, 11) is 1.25. The fraction of sp³-hybridized carbons (Fsp3) is 0.320. The van der Waals surface area contributed by atoms with Crippen molar-refractivity contribution in [2.75, 3.05) is 13.7 Å². The molecule has 10 heteroatoms. The molecular formula is C25H29F2N5O3. The summed E-state index contributed by atoms with van der Waals surface area (Å²) in [5.74, 6) is -2.29. The molecule has 0 bridgehead atoms. The van der Waals surface area contributed by atoms with E-state index >= 15 is 0 Å². The van der Waals surface area contributed by atoms with E-state index in [2.05, 4.69) is 15.3 Å². The van der Waals surface area contributed by atoms with Gasteiger partial charge in [-0.2, -0.15) is 0 Å². The van der Waals surface area contributed by atoms with E-state index in [0.717, 1.165) is 17.2 Å². The molecule has 0 fully saturated rings. The predicted octanol–water partition coefficient (Wildman–Crippen LogP) is 3.15. The van der Waals surface area contributed by atoms with Crippen LogP contribution >= 0.6 is 0 Å². The summed E-state index contributed by atoms with van der Waals surface area (Å²) in [6.45, 7) is 0.321. The fourth-order valence-corrected chi connectivity index (χ4v) is 3.97. The molecule has 6 N–H and O–H groups in total. The predicted molar refractivity (Wildman–Crippen MR) is 130 cm³/mol. The van der Waals surface area contributed by atoms with Crippen LogP contribution in [0.4, 0.5) is 8.78 Å². The molecule has 0 aliphatic carbocycles. The second-order valence-electron chi connectivity index (χ2n) is 8.10. The number of H-pyrrole nitrogens is 1. The van der Waals surface area contributed by atoms with Crippen molar-refractivity contribution in [2.24, 2.45) is 16.5 Å². The number of aromatic nitrogens is 1. The van der Waals surface area contributed by atoms with Crippen LogP contribution in [0.2, 0.25) is 0 Å². The zero-order valence-electron chi connectivity index (χ0n) is 19.4. The van der Waals surface area contributed by atoms with Gasteiger partial charge in [0.05, 0.1) is 12.6 Å². The third-order valence-electron chi connectivity index (χ3n) is 5.59. The molecule has 0 unspecified atom stereocenters. The van der Waals surface area contributed by atoms with Crippen LogP contribution in [0.3, 0.4) is 0 Å². The van der Waals surface area contributed by atoms with E-state index in [0.29, 0.717) is 43.3 Å². The number of hydrogen-bond donors (Lipinski definition) is 4. The van der Waals surface area contributed by atoms with Crippen molar-refractivity contribution in [3.63, 3.8) is 0 Å². The van der Waals surface area contributed by atoms with Gasteiger partial charge < -0.3 is 26.5 Å². The van der Waals surface area contributed by atoms with E-state index in [1.165, 1.54) is 13.2 Å². The van der Waals surface area contributed by atoms with Gasteiger partial charge in [-0.3, -0.25) is 9.79 Å². The summed E-state index contributed by atoms with van der Waals surface area (Å²) in [5, 5.41) is 3.12. The minimum Gasteiger partial charge on any atom is -0.467 e. The van der Waals surface area contributed by atoms with Crippen molar-refractivity contribution < 1.29 is 23.1 Å². The van der Waals surface area contributed by atoms with Crippen LogP contribution in [0.25, 0.3) is 22.2 Å². The van der Waals surface area contributed by atoms with Crippen LogP contribution in [0.1, 0.15) is 31.2 Å². The number of halogens is 2. The highest BCUT2D eigenvalue weighted by Crippen LogP contribution is 2.33.